The number of aliphatic hydroxyl groups excluding tert-OH is 1. The van der Waals surface area contributed by atoms with E-state index >= 15 is 0 Å². The molecule has 2 fully saturated rings. The number of amides is 1. The van der Waals surface area contributed by atoms with Crippen molar-refractivity contribution in [3.63, 3.8) is 0 Å². The molecule has 1 N–H and O–H groups in total. The maximum atomic E-state index is 13.1. The Balaban J connectivity index is 1.50. The Kier molecular flexibility index (Phi) is 6.09. The second-order valence-electron chi connectivity index (χ2n) is 8.89. The molecule has 0 unspecified atom stereocenters. The lowest BCUT2D eigenvalue weighted by atomic mass is 9.69. The molecule has 1 amide bonds. The van der Waals surface area contributed by atoms with Gasteiger partial charge in [0.1, 0.15) is 0 Å². The third-order valence-electron chi connectivity index (χ3n) is 6.96. The topological polar surface area (TPSA) is 43.8 Å². The zero-order chi connectivity index (χ0) is 20.4. The van der Waals surface area contributed by atoms with E-state index in [0.717, 1.165) is 51.0 Å². The van der Waals surface area contributed by atoms with Crippen LogP contribution in [0.25, 0.3) is 0 Å². The van der Waals surface area contributed by atoms with Crippen molar-refractivity contribution in [2.75, 3.05) is 26.2 Å². The van der Waals surface area contributed by atoms with E-state index in [9.17, 15) is 9.90 Å². The number of benzene rings is 1. The van der Waals surface area contributed by atoms with Crippen LogP contribution in [0.5, 0.6) is 0 Å². The quantitative estimate of drug-likeness (QED) is 0.813. The van der Waals surface area contributed by atoms with E-state index in [2.05, 4.69) is 42.3 Å². The minimum absolute atomic E-state index is 0.0659. The maximum Gasteiger partial charge on any atom is 0.227 e. The van der Waals surface area contributed by atoms with Gasteiger partial charge in [-0.3, -0.25) is 9.69 Å². The van der Waals surface area contributed by atoms with Crippen LogP contribution in [0.4, 0.5) is 0 Å². The summed E-state index contributed by atoms with van der Waals surface area (Å²) in [6.45, 7) is 7.92. The molecule has 1 aromatic heterocycles. The van der Waals surface area contributed by atoms with Crippen molar-refractivity contribution >= 4 is 17.2 Å². The molecule has 2 aliphatic rings. The fourth-order valence-electron chi connectivity index (χ4n) is 5.14. The molecule has 3 heterocycles. The Morgan fingerprint density at radius 1 is 1.24 bits per heavy atom. The van der Waals surface area contributed by atoms with Crippen molar-refractivity contribution in [1.29, 1.82) is 0 Å². The highest BCUT2D eigenvalue weighted by Crippen LogP contribution is 2.43. The SMILES string of the molecule is Cc1cccc(CC(=O)N2CC[C@]3(CO)CCCN(Cc4sccc4C)[C@H]3C2)c1. The molecule has 29 heavy (non-hydrogen) atoms. The predicted molar refractivity (Wildman–Crippen MR) is 118 cm³/mol. The first kappa shape index (κ1) is 20.6. The van der Waals surface area contributed by atoms with E-state index in [1.54, 1.807) is 0 Å². The summed E-state index contributed by atoms with van der Waals surface area (Å²) in [6.07, 6.45) is 3.55. The number of hydrogen-bond donors (Lipinski definition) is 1. The summed E-state index contributed by atoms with van der Waals surface area (Å²) in [5.41, 5.74) is 3.56. The normalized spacial score (nSPS) is 25.1. The Bertz CT molecular complexity index is 864. The molecule has 1 aromatic carbocycles. The van der Waals surface area contributed by atoms with Gasteiger partial charge in [-0.1, -0.05) is 29.8 Å². The minimum Gasteiger partial charge on any atom is -0.396 e. The van der Waals surface area contributed by atoms with E-state index in [1.807, 2.05) is 28.4 Å². The summed E-state index contributed by atoms with van der Waals surface area (Å²) in [5.74, 6) is 0.208. The molecule has 4 nitrogen and oxygen atoms in total. The summed E-state index contributed by atoms with van der Waals surface area (Å²) in [6, 6.07) is 10.7. The molecule has 0 aliphatic carbocycles. The first-order valence-electron chi connectivity index (χ1n) is 10.7. The fraction of sp³-hybridized carbons (Fsp3) is 0.542. The lowest BCUT2D eigenvalue weighted by Crippen LogP contribution is -2.63. The summed E-state index contributed by atoms with van der Waals surface area (Å²) in [4.78, 5) is 19.0. The number of carbonyl (C=O) groups excluding carboxylic acids is 1. The largest absolute Gasteiger partial charge is 0.396 e. The lowest BCUT2D eigenvalue weighted by molar-refractivity contribution is -0.140. The van der Waals surface area contributed by atoms with Crippen LogP contribution in [0, 0.1) is 19.3 Å². The van der Waals surface area contributed by atoms with Gasteiger partial charge in [0, 0.05) is 36.0 Å². The highest BCUT2D eigenvalue weighted by molar-refractivity contribution is 7.10. The summed E-state index contributed by atoms with van der Waals surface area (Å²) in [5, 5.41) is 12.5. The fourth-order valence-corrected chi connectivity index (χ4v) is 6.07. The second kappa shape index (κ2) is 8.58. The molecule has 5 heteroatoms. The van der Waals surface area contributed by atoms with Gasteiger partial charge in [0.25, 0.3) is 0 Å². The van der Waals surface area contributed by atoms with Gasteiger partial charge in [0.05, 0.1) is 13.0 Å². The van der Waals surface area contributed by atoms with Crippen LogP contribution in [0.2, 0.25) is 0 Å². The first-order chi connectivity index (χ1) is 14.0. The van der Waals surface area contributed by atoms with Crippen molar-refractivity contribution < 1.29 is 9.90 Å². The molecule has 0 radical (unpaired) electrons. The van der Waals surface area contributed by atoms with Crippen LogP contribution in [-0.4, -0.2) is 53.1 Å². The average Bonchev–Trinajstić information content (AvgIpc) is 3.12. The molecule has 0 bridgehead atoms. The van der Waals surface area contributed by atoms with Crippen molar-refractivity contribution in [3.05, 3.63) is 57.3 Å². The Labute approximate surface area is 178 Å². The number of piperidine rings is 2. The molecule has 0 spiro atoms. The molecule has 2 aliphatic heterocycles. The molecule has 2 atom stereocenters. The Morgan fingerprint density at radius 2 is 2.10 bits per heavy atom. The highest BCUT2D eigenvalue weighted by Gasteiger charge is 2.48. The lowest BCUT2D eigenvalue weighted by Gasteiger charge is -2.54. The molecular formula is C24H32N2O2S. The van der Waals surface area contributed by atoms with Gasteiger partial charge in [0.15, 0.2) is 0 Å². The van der Waals surface area contributed by atoms with Crippen molar-refractivity contribution in [3.8, 4) is 0 Å². The van der Waals surface area contributed by atoms with E-state index in [-0.39, 0.29) is 24.0 Å². The van der Waals surface area contributed by atoms with Gasteiger partial charge in [-0.25, -0.2) is 0 Å². The van der Waals surface area contributed by atoms with E-state index < -0.39 is 0 Å². The molecule has 0 saturated carbocycles. The van der Waals surface area contributed by atoms with Crippen molar-refractivity contribution in [1.82, 2.24) is 9.80 Å². The third kappa shape index (κ3) is 4.27. The average molecular weight is 413 g/mol. The highest BCUT2D eigenvalue weighted by atomic mass is 32.1. The van der Waals surface area contributed by atoms with Crippen LogP contribution in [0.1, 0.15) is 40.8 Å². The van der Waals surface area contributed by atoms with E-state index in [0.29, 0.717) is 6.42 Å². The van der Waals surface area contributed by atoms with Crippen molar-refractivity contribution in [2.24, 2.45) is 5.41 Å². The number of aliphatic hydroxyl groups is 1. The first-order valence-corrected chi connectivity index (χ1v) is 11.6. The number of nitrogens with zero attached hydrogens (tertiary/aromatic N) is 2. The number of fused-ring (bicyclic) bond motifs is 1. The van der Waals surface area contributed by atoms with Gasteiger partial charge >= 0.3 is 0 Å². The summed E-state index contributed by atoms with van der Waals surface area (Å²) < 4.78 is 0. The van der Waals surface area contributed by atoms with Gasteiger partial charge in [-0.15, -0.1) is 11.3 Å². The maximum absolute atomic E-state index is 13.1. The van der Waals surface area contributed by atoms with Crippen LogP contribution < -0.4 is 0 Å². The summed E-state index contributed by atoms with van der Waals surface area (Å²) >= 11 is 1.81. The smallest absolute Gasteiger partial charge is 0.227 e. The number of thiophene rings is 1. The molecule has 4 rings (SSSR count). The molecular weight excluding hydrogens is 380 g/mol. The van der Waals surface area contributed by atoms with Crippen LogP contribution in [0.15, 0.2) is 35.7 Å². The Morgan fingerprint density at radius 3 is 2.83 bits per heavy atom. The summed E-state index contributed by atoms with van der Waals surface area (Å²) in [7, 11) is 0. The number of rotatable bonds is 5. The van der Waals surface area contributed by atoms with Gasteiger partial charge in [0.2, 0.25) is 5.91 Å². The van der Waals surface area contributed by atoms with Crippen LogP contribution in [0.3, 0.4) is 0 Å². The molecule has 2 saturated heterocycles. The van der Waals surface area contributed by atoms with Crippen molar-refractivity contribution in [2.45, 2.75) is 52.1 Å². The van der Waals surface area contributed by atoms with E-state index in [1.165, 1.54) is 16.0 Å². The van der Waals surface area contributed by atoms with Crippen LogP contribution in [-0.2, 0) is 17.8 Å². The second-order valence-corrected chi connectivity index (χ2v) is 9.89. The van der Waals surface area contributed by atoms with E-state index in [4.69, 9.17) is 0 Å². The minimum atomic E-state index is -0.0659. The molecule has 156 valence electrons. The van der Waals surface area contributed by atoms with Gasteiger partial charge < -0.3 is 10.0 Å². The zero-order valence-corrected chi connectivity index (χ0v) is 18.4. The predicted octanol–water partition coefficient (Wildman–Crippen LogP) is 3.78. The number of carbonyl (C=O) groups is 1. The Hall–Kier alpha value is -1.69. The monoisotopic (exact) mass is 412 g/mol. The number of aryl methyl sites for hydroxylation is 2. The van der Waals surface area contributed by atoms with Crippen LogP contribution >= 0.6 is 11.3 Å². The number of likely N-dealkylation sites (tertiary alicyclic amines) is 2. The molecule has 2 aromatic rings. The van der Waals surface area contributed by atoms with Gasteiger partial charge in [-0.05, 0) is 62.2 Å². The zero-order valence-electron chi connectivity index (χ0n) is 17.6. The standard InChI is InChI=1S/C24H32N2O2S/c1-18-5-3-6-20(13-18)14-23(28)26-11-9-24(17-27)8-4-10-25(22(24)16-26)15-21-19(2)7-12-29-21/h3,5-7,12-13,22,27H,4,8-11,14-17H2,1-2H3/t22-,24-/m0/s1. The number of hydrogen-bond acceptors (Lipinski definition) is 4. The third-order valence-corrected chi connectivity index (χ3v) is 7.97. The van der Waals surface area contributed by atoms with Gasteiger partial charge in [-0.2, -0.15) is 0 Å².